The van der Waals surface area contributed by atoms with Gasteiger partial charge in [-0.25, -0.2) is 4.39 Å². The van der Waals surface area contributed by atoms with Crippen LogP contribution in [0.2, 0.25) is 0 Å². The maximum absolute atomic E-state index is 12.9. The first-order chi connectivity index (χ1) is 13.1. The number of halogens is 1. The van der Waals surface area contributed by atoms with E-state index in [2.05, 4.69) is 43.8 Å². The van der Waals surface area contributed by atoms with E-state index in [0.717, 1.165) is 5.56 Å². The fourth-order valence-electron chi connectivity index (χ4n) is 2.50. The van der Waals surface area contributed by atoms with Gasteiger partial charge in [-0.2, -0.15) is 0 Å². The Bertz CT molecular complexity index is 796. The minimum atomic E-state index is -0.837. The zero-order valence-corrected chi connectivity index (χ0v) is 16.7. The molecular weight excluding hydrogens is 359 g/mol. The van der Waals surface area contributed by atoms with Gasteiger partial charge in [-0.15, -0.1) is 0 Å². The highest BCUT2D eigenvalue weighted by Crippen LogP contribution is 2.22. The van der Waals surface area contributed by atoms with Gasteiger partial charge in [0.05, 0.1) is 0 Å². The molecule has 5 nitrogen and oxygen atoms in total. The molecule has 0 radical (unpaired) electrons. The number of hydrogen-bond donors (Lipinski definition) is 2. The molecule has 0 aliphatic rings. The van der Waals surface area contributed by atoms with Crippen molar-refractivity contribution in [3.05, 3.63) is 65.5 Å². The quantitative estimate of drug-likeness (QED) is 0.745. The molecule has 150 valence electrons. The second-order valence-corrected chi connectivity index (χ2v) is 7.70. The summed E-state index contributed by atoms with van der Waals surface area (Å²) in [7, 11) is 0. The van der Waals surface area contributed by atoms with Crippen LogP contribution in [0.1, 0.15) is 45.2 Å². The SMILES string of the molecule is C[C@@H](Oc1ccc(F)cc1)C(=O)NNC(=O)CCc1ccc(C(C)(C)C)cc1. The second-order valence-electron chi connectivity index (χ2n) is 7.70. The van der Waals surface area contributed by atoms with Gasteiger partial charge in [0.15, 0.2) is 6.10 Å². The summed E-state index contributed by atoms with van der Waals surface area (Å²) in [6.07, 6.45) is -0.00784. The third-order valence-electron chi connectivity index (χ3n) is 4.28. The van der Waals surface area contributed by atoms with Crippen LogP contribution in [-0.2, 0) is 21.4 Å². The van der Waals surface area contributed by atoms with E-state index in [0.29, 0.717) is 12.2 Å². The number of benzene rings is 2. The van der Waals surface area contributed by atoms with Crippen molar-refractivity contribution in [3.63, 3.8) is 0 Å². The molecule has 2 N–H and O–H groups in total. The Labute approximate surface area is 165 Å². The molecule has 0 aliphatic carbocycles. The highest BCUT2D eigenvalue weighted by atomic mass is 19.1. The highest BCUT2D eigenvalue weighted by molar-refractivity contribution is 5.84. The minimum Gasteiger partial charge on any atom is -0.481 e. The van der Waals surface area contributed by atoms with Crippen molar-refractivity contribution >= 4 is 11.8 Å². The summed E-state index contributed by atoms with van der Waals surface area (Å²) < 4.78 is 18.3. The molecule has 0 bridgehead atoms. The molecule has 0 saturated heterocycles. The van der Waals surface area contributed by atoms with Gasteiger partial charge >= 0.3 is 0 Å². The number of amides is 2. The monoisotopic (exact) mass is 386 g/mol. The van der Waals surface area contributed by atoms with Gasteiger partial charge < -0.3 is 4.74 Å². The van der Waals surface area contributed by atoms with Crippen LogP contribution in [0.25, 0.3) is 0 Å². The molecule has 2 amide bonds. The summed E-state index contributed by atoms with van der Waals surface area (Å²) >= 11 is 0. The summed E-state index contributed by atoms with van der Waals surface area (Å²) in [5, 5.41) is 0. The van der Waals surface area contributed by atoms with E-state index in [1.807, 2.05) is 12.1 Å². The first kappa shape index (κ1) is 21.4. The van der Waals surface area contributed by atoms with Crippen molar-refractivity contribution in [2.45, 2.75) is 52.1 Å². The Balaban J connectivity index is 1.74. The van der Waals surface area contributed by atoms with Crippen molar-refractivity contribution < 1.29 is 18.7 Å². The van der Waals surface area contributed by atoms with Crippen LogP contribution < -0.4 is 15.6 Å². The number of nitrogens with one attached hydrogen (secondary N) is 2. The van der Waals surface area contributed by atoms with E-state index in [1.165, 1.54) is 29.8 Å². The Hall–Kier alpha value is -2.89. The Morgan fingerprint density at radius 3 is 2.18 bits per heavy atom. The average molecular weight is 386 g/mol. The number of hydrazine groups is 1. The van der Waals surface area contributed by atoms with Crippen molar-refractivity contribution in [2.75, 3.05) is 0 Å². The largest absolute Gasteiger partial charge is 0.481 e. The summed E-state index contributed by atoms with van der Waals surface area (Å²) in [6.45, 7) is 8.00. The summed E-state index contributed by atoms with van der Waals surface area (Å²) in [6, 6.07) is 13.5. The first-order valence-electron chi connectivity index (χ1n) is 9.25. The maximum atomic E-state index is 12.9. The molecule has 2 aromatic carbocycles. The predicted molar refractivity (Wildman–Crippen MR) is 106 cm³/mol. The van der Waals surface area contributed by atoms with Crippen LogP contribution >= 0.6 is 0 Å². The third kappa shape index (κ3) is 6.68. The molecule has 0 aliphatic heterocycles. The minimum absolute atomic E-state index is 0.0901. The molecule has 0 saturated carbocycles. The zero-order chi connectivity index (χ0) is 20.7. The summed E-state index contributed by atoms with van der Waals surface area (Å²) in [5.41, 5.74) is 7.11. The van der Waals surface area contributed by atoms with Crippen LogP contribution in [-0.4, -0.2) is 17.9 Å². The van der Waals surface area contributed by atoms with Gasteiger partial charge in [-0.1, -0.05) is 45.0 Å². The van der Waals surface area contributed by atoms with Crippen LogP contribution in [0, 0.1) is 5.82 Å². The lowest BCUT2D eigenvalue weighted by Gasteiger charge is -2.19. The van der Waals surface area contributed by atoms with Gasteiger partial charge in [0.2, 0.25) is 5.91 Å². The molecule has 0 fully saturated rings. The van der Waals surface area contributed by atoms with Gasteiger partial charge in [-0.05, 0) is 54.2 Å². The summed E-state index contributed by atoms with van der Waals surface area (Å²) in [4.78, 5) is 24.0. The lowest BCUT2D eigenvalue weighted by atomic mass is 9.86. The van der Waals surface area contributed by atoms with Crippen molar-refractivity contribution in [2.24, 2.45) is 0 Å². The average Bonchev–Trinajstić information content (AvgIpc) is 2.65. The molecule has 1 atom stereocenters. The van der Waals surface area contributed by atoms with E-state index in [-0.39, 0.29) is 23.6 Å². The molecule has 2 rings (SSSR count). The van der Waals surface area contributed by atoms with Crippen molar-refractivity contribution in [3.8, 4) is 5.75 Å². The van der Waals surface area contributed by atoms with E-state index >= 15 is 0 Å². The summed E-state index contributed by atoms with van der Waals surface area (Å²) in [5.74, 6) is -0.798. The second kappa shape index (κ2) is 9.35. The molecule has 6 heteroatoms. The maximum Gasteiger partial charge on any atom is 0.279 e. The van der Waals surface area contributed by atoms with E-state index in [1.54, 1.807) is 6.92 Å². The number of carbonyl (C=O) groups is 2. The normalized spacial score (nSPS) is 12.2. The lowest BCUT2D eigenvalue weighted by molar-refractivity contribution is -0.132. The van der Waals surface area contributed by atoms with Crippen LogP contribution in [0.15, 0.2) is 48.5 Å². The molecule has 0 aromatic heterocycles. The van der Waals surface area contributed by atoms with Crippen LogP contribution in [0.5, 0.6) is 5.75 Å². The van der Waals surface area contributed by atoms with Crippen LogP contribution in [0.4, 0.5) is 4.39 Å². The number of hydrogen-bond acceptors (Lipinski definition) is 3. The fraction of sp³-hybridized carbons (Fsp3) is 0.364. The standard InChI is InChI=1S/C22H27FN2O3/c1-15(28-19-12-10-18(23)11-13-19)21(27)25-24-20(26)14-7-16-5-8-17(9-6-16)22(2,3)4/h5-6,8-13,15H,7,14H2,1-4H3,(H,24,26)(H,25,27)/t15-/m1/s1. The van der Waals surface area contributed by atoms with Crippen LogP contribution in [0.3, 0.4) is 0 Å². The van der Waals surface area contributed by atoms with Gasteiger partial charge in [0.25, 0.3) is 5.91 Å². The van der Waals surface area contributed by atoms with E-state index in [9.17, 15) is 14.0 Å². The van der Waals surface area contributed by atoms with Gasteiger partial charge in [-0.3, -0.25) is 20.4 Å². The number of rotatable bonds is 6. The van der Waals surface area contributed by atoms with Gasteiger partial charge in [0.1, 0.15) is 11.6 Å². The Morgan fingerprint density at radius 2 is 1.61 bits per heavy atom. The zero-order valence-electron chi connectivity index (χ0n) is 16.7. The molecular formula is C22H27FN2O3. The highest BCUT2D eigenvalue weighted by Gasteiger charge is 2.16. The number of ether oxygens (including phenoxy) is 1. The molecule has 28 heavy (non-hydrogen) atoms. The molecule has 2 aromatic rings. The smallest absolute Gasteiger partial charge is 0.279 e. The predicted octanol–water partition coefficient (Wildman–Crippen LogP) is 3.67. The first-order valence-corrected chi connectivity index (χ1v) is 9.25. The van der Waals surface area contributed by atoms with Crippen molar-refractivity contribution in [1.29, 1.82) is 0 Å². The van der Waals surface area contributed by atoms with Gasteiger partial charge in [0, 0.05) is 6.42 Å². The van der Waals surface area contributed by atoms with E-state index < -0.39 is 12.0 Å². The number of aryl methyl sites for hydroxylation is 1. The topological polar surface area (TPSA) is 67.4 Å². The number of carbonyl (C=O) groups excluding carboxylic acids is 2. The lowest BCUT2D eigenvalue weighted by Crippen LogP contribution is -2.47. The Morgan fingerprint density at radius 1 is 1.00 bits per heavy atom. The van der Waals surface area contributed by atoms with Crippen molar-refractivity contribution in [1.82, 2.24) is 10.9 Å². The molecule has 0 spiro atoms. The fourth-order valence-corrected chi connectivity index (χ4v) is 2.50. The molecule has 0 heterocycles. The van der Waals surface area contributed by atoms with E-state index in [4.69, 9.17) is 4.74 Å². The molecule has 0 unspecified atom stereocenters. The third-order valence-corrected chi connectivity index (χ3v) is 4.28. The Kier molecular flexibility index (Phi) is 7.15.